The van der Waals surface area contributed by atoms with Crippen LogP contribution in [-0.2, 0) is 16.1 Å². The van der Waals surface area contributed by atoms with Gasteiger partial charge in [0.1, 0.15) is 18.2 Å². The summed E-state index contributed by atoms with van der Waals surface area (Å²) in [5, 5.41) is 16.1. The second-order valence-corrected chi connectivity index (χ2v) is 8.09. The van der Waals surface area contributed by atoms with Gasteiger partial charge in [0.15, 0.2) is 11.4 Å². The second kappa shape index (κ2) is 16.3. The summed E-state index contributed by atoms with van der Waals surface area (Å²) < 4.78 is 42.3. The number of aliphatic imine (C=N–C) groups is 2. The summed E-state index contributed by atoms with van der Waals surface area (Å²) in [5.74, 6) is 0.380. The monoisotopic (exact) mass is 527 g/mol. The molecule has 0 aliphatic rings. The number of benzene rings is 2. The Morgan fingerprint density at radius 3 is 1.97 bits per heavy atom. The number of ether oxygens (including phenoxy) is 2. The van der Waals surface area contributed by atoms with Crippen molar-refractivity contribution in [3.05, 3.63) is 65.2 Å². The minimum atomic E-state index is -4.00. The van der Waals surface area contributed by atoms with Crippen molar-refractivity contribution in [1.82, 2.24) is 0 Å². The van der Waals surface area contributed by atoms with Gasteiger partial charge in [0.05, 0.1) is 6.61 Å². The number of aryl methyl sites for hydroxylation is 1. The van der Waals surface area contributed by atoms with E-state index < -0.39 is 17.7 Å². The first-order valence-electron chi connectivity index (χ1n) is 11.3. The van der Waals surface area contributed by atoms with E-state index in [4.69, 9.17) is 25.4 Å². The third kappa shape index (κ3) is 15.3. The first-order valence-corrected chi connectivity index (χ1v) is 11.3. The summed E-state index contributed by atoms with van der Waals surface area (Å²) in [7, 11) is 1.00. The van der Waals surface area contributed by atoms with Gasteiger partial charge in [-0.15, -0.1) is 0 Å². The van der Waals surface area contributed by atoms with Gasteiger partial charge in [0.25, 0.3) is 0 Å². The summed E-state index contributed by atoms with van der Waals surface area (Å²) in [4.78, 5) is 19.9. The van der Waals surface area contributed by atoms with Gasteiger partial charge in [-0.05, 0) is 45.4 Å². The molecule has 4 N–H and O–H groups in total. The molecule has 0 atom stereocenters. The Hall–Kier alpha value is -3.44. The number of carboxylic acid groups (broad SMARTS) is 1. The average molecular weight is 528 g/mol. The van der Waals surface area contributed by atoms with E-state index in [1.54, 1.807) is 12.1 Å². The molecule has 0 aliphatic carbocycles. The molecule has 0 spiro atoms. The van der Waals surface area contributed by atoms with Gasteiger partial charge >= 0.3 is 12.1 Å². The van der Waals surface area contributed by atoms with E-state index in [9.17, 15) is 18.0 Å². The van der Waals surface area contributed by atoms with Gasteiger partial charge in [-0.25, -0.2) is 9.79 Å². The van der Waals surface area contributed by atoms with Crippen molar-refractivity contribution >= 4 is 17.6 Å². The Morgan fingerprint density at radius 1 is 1.00 bits per heavy atom. The summed E-state index contributed by atoms with van der Waals surface area (Å²) in [5.41, 5.74) is 7.72. The molecule has 37 heavy (non-hydrogen) atoms. The molecule has 0 amide bonds. The van der Waals surface area contributed by atoms with Crippen LogP contribution in [0.3, 0.4) is 0 Å². The number of carbonyl (C=O) groups is 1. The normalized spacial score (nSPS) is 12.1. The molecule has 8 nitrogen and oxygen atoms in total. The Kier molecular flexibility index (Phi) is 14.8. The van der Waals surface area contributed by atoms with Crippen molar-refractivity contribution in [1.29, 1.82) is 0 Å². The molecule has 0 saturated carbocycles. The van der Waals surface area contributed by atoms with Crippen LogP contribution in [0.2, 0.25) is 0 Å². The third-order valence-electron chi connectivity index (χ3n) is 4.25. The Bertz CT molecular complexity index is 998. The fraction of sp³-hybridized carbons (Fsp3) is 0.423. The minimum absolute atomic E-state index is 0.188. The number of aliphatic hydroxyl groups excluding tert-OH is 1. The fourth-order valence-electron chi connectivity index (χ4n) is 2.48. The number of alkyl halides is 3. The van der Waals surface area contributed by atoms with Crippen LogP contribution < -0.4 is 10.5 Å². The highest BCUT2D eigenvalue weighted by Crippen LogP contribution is 2.19. The molecule has 206 valence electrons. The number of aliphatic hydroxyl groups is 1. The van der Waals surface area contributed by atoms with Crippen LogP contribution in [0.25, 0.3) is 0 Å². The van der Waals surface area contributed by atoms with Gasteiger partial charge in [0, 0.05) is 26.1 Å². The van der Waals surface area contributed by atoms with E-state index in [1.165, 1.54) is 13.8 Å². The van der Waals surface area contributed by atoms with Gasteiger partial charge in [-0.1, -0.05) is 42.0 Å². The number of nitrogens with two attached hydrogens (primary N) is 1. The third-order valence-corrected chi connectivity index (χ3v) is 4.25. The smallest absolute Gasteiger partial charge is 0.386 e. The Labute approximate surface area is 215 Å². The Balaban J connectivity index is 0.00000165. The van der Waals surface area contributed by atoms with Crippen molar-refractivity contribution < 1.29 is 37.7 Å². The van der Waals surface area contributed by atoms with Crippen LogP contribution in [0, 0.1) is 6.92 Å². The lowest BCUT2D eigenvalue weighted by Crippen LogP contribution is -2.37. The van der Waals surface area contributed by atoms with Gasteiger partial charge in [-0.2, -0.15) is 13.2 Å². The van der Waals surface area contributed by atoms with Crippen LogP contribution in [0.5, 0.6) is 5.75 Å². The molecular weight excluding hydrogens is 491 g/mol. The molecular formula is C26H36F3N3O5. The topological polar surface area (TPSA) is 127 Å². The molecule has 0 heterocycles. The van der Waals surface area contributed by atoms with Crippen LogP contribution in [0.4, 0.5) is 13.2 Å². The molecule has 0 aliphatic heterocycles. The molecule has 0 radical (unpaired) electrons. The quantitative estimate of drug-likeness (QED) is 0.319. The number of hydrogen-bond donors (Lipinski definition) is 3. The SMILES string of the molecule is CC(F)(F)F.CCN=C(COCc1ccc(OC(C)(C)C(=O)O)cc1)N=C(N)c1ccc(C)cc1.CO. The van der Waals surface area contributed by atoms with E-state index >= 15 is 0 Å². The maximum absolute atomic E-state index is 11.2. The first kappa shape index (κ1) is 33.6. The van der Waals surface area contributed by atoms with E-state index in [0.717, 1.165) is 23.8 Å². The summed E-state index contributed by atoms with van der Waals surface area (Å²) in [6.07, 6.45) is -4.00. The molecule has 2 aromatic rings. The van der Waals surface area contributed by atoms with Crippen molar-refractivity contribution in [3.8, 4) is 5.75 Å². The molecule has 0 unspecified atom stereocenters. The molecule has 2 rings (SSSR count). The zero-order chi connectivity index (χ0) is 28.6. The van der Waals surface area contributed by atoms with Crippen LogP contribution in [-0.4, -0.2) is 59.9 Å². The standard InChI is InChI=1S/C23H29N3O4.C2H3F3.CH4O/c1-5-25-20(26-21(24)18-10-6-16(2)7-11-18)15-29-14-17-8-12-19(13-9-17)30-23(3,4)22(27)28;1-2(3,4)5;1-2/h6-13H,5,14-15H2,1-4H3,(H,27,28)(H2,24,25,26);1H3;2H,1H3. The average Bonchev–Trinajstić information content (AvgIpc) is 2.80. The number of aliphatic carboxylic acids is 1. The second-order valence-electron chi connectivity index (χ2n) is 8.09. The zero-order valence-electron chi connectivity index (χ0n) is 22.0. The van der Waals surface area contributed by atoms with E-state index in [-0.39, 0.29) is 13.5 Å². The van der Waals surface area contributed by atoms with Gasteiger partial charge in [-0.3, -0.25) is 4.99 Å². The molecule has 0 saturated heterocycles. The molecule has 11 heteroatoms. The first-order chi connectivity index (χ1) is 17.2. The summed E-state index contributed by atoms with van der Waals surface area (Å²) in [6.45, 7) is 8.29. The molecule has 0 fully saturated rings. The van der Waals surface area contributed by atoms with Gasteiger partial charge in [0.2, 0.25) is 0 Å². The van der Waals surface area contributed by atoms with E-state index in [2.05, 4.69) is 9.98 Å². The molecule has 0 bridgehead atoms. The highest BCUT2D eigenvalue weighted by molar-refractivity contribution is 6.05. The maximum Gasteiger partial charge on any atom is 0.386 e. The minimum Gasteiger partial charge on any atom is -0.478 e. The van der Waals surface area contributed by atoms with Crippen LogP contribution >= 0.6 is 0 Å². The van der Waals surface area contributed by atoms with Crippen molar-refractivity contribution in [2.24, 2.45) is 15.7 Å². The molecule has 0 aromatic heterocycles. The van der Waals surface area contributed by atoms with E-state index in [0.29, 0.717) is 30.6 Å². The summed E-state index contributed by atoms with van der Waals surface area (Å²) in [6, 6.07) is 14.9. The predicted octanol–water partition coefficient (Wildman–Crippen LogP) is 4.75. The maximum atomic E-state index is 11.2. The fourth-order valence-corrected chi connectivity index (χ4v) is 2.48. The lowest BCUT2D eigenvalue weighted by Gasteiger charge is -2.21. The lowest BCUT2D eigenvalue weighted by molar-refractivity contribution is -0.152. The largest absolute Gasteiger partial charge is 0.478 e. The number of halogens is 3. The van der Waals surface area contributed by atoms with E-state index in [1.807, 2.05) is 50.2 Å². The number of nitrogens with zero attached hydrogens (tertiary/aromatic N) is 2. The summed E-state index contributed by atoms with van der Waals surface area (Å²) >= 11 is 0. The number of amidine groups is 2. The zero-order valence-corrected chi connectivity index (χ0v) is 22.0. The van der Waals surface area contributed by atoms with Crippen molar-refractivity contribution in [2.75, 3.05) is 20.3 Å². The highest BCUT2D eigenvalue weighted by Gasteiger charge is 2.29. The molecule has 2 aromatic carbocycles. The predicted molar refractivity (Wildman–Crippen MR) is 138 cm³/mol. The van der Waals surface area contributed by atoms with Crippen molar-refractivity contribution in [3.63, 3.8) is 0 Å². The highest BCUT2D eigenvalue weighted by atomic mass is 19.4. The Morgan fingerprint density at radius 2 is 1.51 bits per heavy atom. The van der Waals surface area contributed by atoms with Crippen LogP contribution in [0.1, 0.15) is 44.4 Å². The number of carboxylic acids is 1. The number of hydrogen-bond acceptors (Lipinski definition) is 5. The van der Waals surface area contributed by atoms with Crippen molar-refractivity contribution in [2.45, 2.75) is 53.0 Å². The lowest BCUT2D eigenvalue weighted by atomic mass is 10.1. The van der Waals surface area contributed by atoms with Gasteiger partial charge < -0.3 is 25.4 Å². The number of rotatable bonds is 9. The van der Waals surface area contributed by atoms with Crippen LogP contribution in [0.15, 0.2) is 58.5 Å².